The highest BCUT2D eigenvalue weighted by Crippen LogP contribution is 2.45. The number of hydrogen-bond acceptors (Lipinski definition) is 5. The van der Waals surface area contributed by atoms with Crippen molar-refractivity contribution in [1.29, 1.82) is 0 Å². The summed E-state index contributed by atoms with van der Waals surface area (Å²) in [6, 6.07) is 16.6. The molecule has 156 valence electrons. The lowest BCUT2D eigenvalue weighted by Gasteiger charge is -2.22. The van der Waals surface area contributed by atoms with Crippen LogP contribution in [0.3, 0.4) is 0 Å². The van der Waals surface area contributed by atoms with E-state index in [1.165, 1.54) is 29.7 Å². The van der Waals surface area contributed by atoms with Gasteiger partial charge in [-0.15, -0.1) is 0 Å². The van der Waals surface area contributed by atoms with Crippen LogP contribution in [0.1, 0.15) is 12.5 Å². The SMILES string of the molecule is Cc1ccc(=O)n(-c2ccc(OP(=O)(N[C@@H](C)C(=O)O)Oc3ccccc3)cc2)c1. The lowest BCUT2D eigenvalue weighted by atomic mass is 10.2. The number of nitrogens with zero attached hydrogens (tertiary/aromatic N) is 1. The molecule has 2 atom stereocenters. The maximum atomic E-state index is 13.2. The first-order valence-electron chi connectivity index (χ1n) is 9.10. The Balaban J connectivity index is 1.86. The standard InChI is InChI=1S/C21H21N2O6P/c1-15-8-13-20(24)23(14-15)17-9-11-19(12-10-17)29-30(27,22-16(2)21(25)26)28-18-6-4-3-5-7-18/h3-14,16H,1-2H3,(H,22,27)(H,25,26)/t16-,30?/m0/s1. The third-order valence-electron chi connectivity index (χ3n) is 4.09. The molecular weight excluding hydrogens is 407 g/mol. The first-order valence-corrected chi connectivity index (χ1v) is 10.6. The maximum Gasteiger partial charge on any atom is 0.513 e. The fourth-order valence-electron chi connectivity index (χ4n) is 2.59. The van der Waals surface area contributed by atoms with Crippen LogP contribution >= 0.6 is 7.75 Å². The Labute approximate surface area is 173 Å². The van der Waals surface area contributed by atoms with Crippen molar-refractivity contribution in [3.05, 3.63) is 88.8 Å². The van der Waals surface area contributed by atoms with E-state index in [-0.39, 0.29) is 17.1 Å². The fourth-order valence-corrected chi connectivity index (χ4v) is 4.11. The summed E-state index contributed by atoms with van der Waals surface area (Å²) in [7, 11) is -4.08. The first-order chi connectivity index (χ1) is 14.3. The average molecular weight is 428 g/mol. The van der Waals surface area contributed by atoms with Crippen molar-refractivity contribution in [1.82, 2.24) is 9.65 Å². The quantitative estimate of drug-likeness (QED) is 0.526. The van der Waals surface area contributed by atoms with Gasteiger partial charge in [-0.3, -0.25) is 14.2 Å². The normalized spacial score (nSPS) is 13.8. The number of nitrogens with one attached hydrogen (secondary N) is 1. The third-order valence-corrected chi connectivity index (χ3v) is 5.70. The average Bonchev–Trinajstić information content (AvgIpc) is 2.71. The van der Waals surface area contributed by atoms with E-state index in [0.717, 1.165) is 5.56 Å². The molecule has 0 aliphatic rings. The van der Waals surface area contributed by atoms with E-state index in [9.17, 15) is 14.2 Å². The lowest BCUT2D eigenvalue weighted by Crippen LogP contribution is -2.34. The van der Waals surface area contributed by atoms with Crippen molar-refractivity contribution in [3.63, 3.8) is 0 Å². The molecule has 0 bridgehead atoms. The van der Waals surface area contributed by atoms with Gasteiger partial charge in [-0.25, -0.2) is 4.57 Å². The topological polar surface area (TPSA) is 107 Å². The summed E-state index contributed by atoms with van der Waals surface area (Å²) in [5, 5.41) is 11.6. The van der Waals surface area contributed by atoms with Gasteiger partial charge in [0.2, 0.25) is 0 Å². The van der Waals surface area contributed by atoms with Gasteiger partial charge in [-0.1, -0.05) is 24.3 Å². The molecule has 1 heterocycles. The second-order valence-electron chi connectivity index (χ2n) is 6.59. The van der Waals surface area contributed by atoms with Crippen LogP contribution in [0.15, 0.2) is 77.7 Å². The van der Waals surface area contributed by atoms with E-state index in [0.29, 0.717) is 5.69 Å². The number of aliphatic carboxylic acids is 1. The van der Waals surface area contributed by atoms with Crippen LogP contribution in [0.25, 0.3) is 5.69 Å². The Kier molecular flexibility index (Phi) is 6.40. The predicted molar refractivity (Wildman–Crippen MR) is 112 cm³/mol. The summed E-state index contributed by atoms with van der Waals surface area (Å²) >= 11 is 0. The van der Waals surface area contributed by atoms with Crippen LogP contribution in [0, 0.1) is 6.92 Å². The van der Waals surface area contributed by atoms with Gasteiger partial charge < -0.3 is 14.2 Å². The van der Waals surface area contributed by atoms with Crippen LogP contribution in [0.2, 0.25) is 0 Å². The van der Waals surface area contributed by atoms with Gasteiger partial charge in [-0.05, 0) is 55.8 Å². The highest BCUT2D eigenvalue weighted by atomic mass is 31.2. The molecule has 3 aromatic rings. The minimum atomic E-state index is -4.08. The molecular formula is C21H21N2O6P. The minimum absolute atomic E-state index is 0.184. The Bertz CT molecular complexity index is 1130. The summed E-state index contributed by atoms with van der Waals surface area (Å²) in [4.78, 5) is 23.3. The Hall–Kier alpha value is -3.35. The molecule has 0 radical (unpaired) electrons. The third kappa shape index (κ3) is 5.37. The van der Waals surface area contributed by atoms with Gasteiger partial charge in [0.15, 0.2) is 0 Å². The van der Waals surface area contributed by atoms with Gasteiger partial charge in [0.05, 0.1) is 0 Å². The molecule has 0 saturated heterocycles. The summed E-state index contributed by atoms with van der Waals surface area (Å²) < 4.78 is 25.7. The number of pyridine rings is 1. The number of carbonyl (C=O) groups is 1. The molecule has 0 fully saturated rings. The Morgan fingerprint density at radius 3 is 2.20 bits per heavy atom. The summed E-state index contributed by atoms with van der Waals surface area (Å²) in [6.07, 6.45) is 1.71. The molecule has 30 heavy (non-hydrogen) atoms. The van der Waals surface area contributed by atoms with Crippen LogP contribution in [0.4, 0.5) is 0 Å². The molecule has 0 amide bonds. The van der Waals surface area contributed by atoms with E-state index in [2.05, 4.69) is 5.09 Å². The van der Waals surface area contributed by atoms with E-state index in [1.54, 1.807) is 54.7 Å². The molecule has 1 unspecified atom stereocenters. The van der Waals surface area contributed by atoms with Gasteiger partial charge in [0, 0.05) is 18.0 Å². The van der Waals surface area contributed by atoms with E-state index < -0.39 is 19.8 Å². The van der Waals surface area contributed by atoms with Gasteiger partial charge in [0.1, 0.15) is 17.5 Å². The maximum absolute atomic E-state index is 13.2. The van der Waals surface area contributed by atoms with Crippen molar-refractivity contribution in [3.8, 4) is 17.2 Å². The van der Waals surface area contributed by atoms with E-state index in [1.807, 2.05) is 6.92 Å². The van der Waals surface area contributed by atoms with Crippen molar-refractivity contribution in [2.45, 2.75) is 19.9 Å². The minimum Gasteiger partial charge on any atom is -0.480 e. The molecule has 2 N–H and O–H groups in total. The van der Waals surface area contributed by atoms with Gasteiger partial charge >= 0.3 is 13.7 Å². The summed E-state index contributed by atoms with van der Waals surface area (Å²) in [6.45, 7) is 3.21. The molecule has 1 aromatic heterocycles. The second-order valence-corrected chi connectivity index (χ2v) is 8.21. The number of aromatic nitrogens is 1. The molecule has 8 nitrogen and oxygen atoms in total. The number of rotatable bonds is 8. The molecule has 2 aromatic carbocycles. The van der Waals surface area contributed by atoms with Crippen molar-refractivity contribution in [2.24, 2.45) is 0 Å². The second kappa shape index (κ2) is 8.98. The first kappa shape index (κ1) is 21.4. The predicted octanol–water partition coefficient (Wildman–Crippen LogP) is 3.77. The number of carboxylic acids is 1. The van der Waals surface area contributed by atoms with E-state index >= 15 is 0 Å². The van der Waals surface area contributed by atoms with Gasteiger partial charge in [-0.2, -0.15) is 5.09 Å². The van der Waals surface area contributed by atoms with Crippen molar-refractivity contribution >= 4 is 13.7 Å². The van der Waals surface area contributed by atoms with Crippen LogP contribution in [-0.4, -0.2) is 21.7 Å². The number of aryl methyl sites for hydroxylation is 1. The molecule has 3 rings (SSSR count). The van der Waals surface area contributed by atoms with Crippen LogP contribution in [0.5, 0.6) is 11.5 Å². The molecule has 0 aliphatic carbocycles. The zero-order valence-electron chi connectivity index (χ0n) is 16.4. The number of carboxylic acid groups (broad SMARTS) is 1. The zero-order chi connectivity index (χ0) is 21.7. The van der Waals surface area contributed by atoms with Crippen molar-refractivity contribution in [2.75, 3.05) is 0 Å². The lowest BCUT2D eigenvalue weighted by molar-refractivity contribution is -0.138. The summed E-state index contributed by atoms with van der Waals surface area (Å²) in [5.74, 6) is -0.762. The number of benzene rings is 2. The highest BCUT2D eigenvalue weighted by molar-refractivity contribution is 7.52. The number of hydrogen-bond donors (Lipinski definition) is 2. The van der Waals surface area contributed by atoms with Crippen LogP contribution in [-0.2, 0) is 9.36 Å². The molecule has 0 spiro atoms. The number of para-hydroxylation sites is 1. The largest absolute Gasteiger partial charge is 0.513 e. The molecule has 9 heteroatoms. The van der Waals surface area contributed by atoms with Crippen molar-refractivity contribution < 1.29 is 23.5 Å². The smallest absolute Gasteiger partial charge is 0.480 e. The van der Waals surface area contributed by atoms with Crippen LogP contribution < -0.4 is 19.7 Å². The fraction of sp³-hybridized carbons (Fsp3) is 0.143. The molecule has 0 aliphatic heterocycles. The Morgan fingerprint density at radius 2 is 1.60 bits per heavy atom. The molecule has 0 saturated carbocycles. The zero-order valence-corrected chi connectivity index (χ0v) is 17.3. The Morgan fingerprint density at radius 1 is 1.00 bits per heavy atom. The van der Waals surface area contributed by atoms with Gasteiger partial charge in [0.25, 0.3) is 5.56 Å². The van der Waals surface area contributed by atoms with E-state index in [4.69, 9.17) is 14.2 Å². The summed E-state index contributed by atoms with van der Waals surface area (Å²) in [5.41, 5.74) is 1.33. The highest BCUT2D eigenvalue weighted by Gasteiger charge is 2.33. The monoisotopic (exact) mass is 428 g/mol.